The molecular formula is C19H13ClFN3O2. The van der Waals surface area contributed by atoms with Crippen LogP contribution in [-0.4, -0.2) is 19.7 Å². The predicted molar refractivity (Wildman–Crippen MR) is 98.1 cm³/mol. The number of aromatic amines is 1. The van der Waals surface area contributed by atoms with E-state index in [-0.39, 0.29) is 22.4 Å². The molecule has 0 spiro atoms. The molecule has 0 bridgehead atoms. The van der Waals surface area contributed by atoms with Crippen molar-refractivity contribution in [2.24, 2.45) is 0 Å². The Bertz CT molecular complexity index is 1200. The average molecular weight is 370 g/mol. The molecule has 2 aromatic heterocycles. The third kappa shape index (κ3) is 2.55. The largest absolute Gasteiger partial charge is 0.507 e. The number of aromatic nitrogens is 3. The maximum absolute atomic E-state index is 13.2. The van der Waals surface area contributed by atoms with E-state index in [0.717, 1.165) is 22.9 Å². The molecule has 0 fully saturated rings. The Balaban J connectivity index is 1.95. The summed E-state index contributed by atoms with van der Waals surface area (Å²) in [7, 11) is 0. The molecule has 2 aromatic carbocycles. The number of hydrogen-bond acceptors (Lipinski definition) is 3. The molecule has 0 atom stereocenters. The van der Waals surface area contributed by atoms with Crippen LogP contribution in [0.1, 0.15) is 5.69 Å². The summed E-state index contributed by atoms with van der Waals surface area (Å²) in [6.07, 6.45) is 1.39. The Kier molecular flexibility index (Phi) is 3.77. The van der Waals surface area contributed by atoms with Gasteiger partial charge in [-0.2, -0.15) is 0 Å². The summed E-state index contributed by atoms with van der Waals surface area (Å²) in [6.45, 7) is 1.84. The average Bonchev–Trinajstić information content (AvgIpc) is 2.94. The molecule has 2 heterocycles. The van der Waals surface area contributed by atoms with Crippen LogP contribution >= 0.6 is 11.6 Å². The molecule has 7 heteroatoms. The topological polar surface area (TPSA) is 70.4 Å². The van der Waals surface area contributed by atoms with Gasteiger partial charge in [0.1, 0.15) is 11.6 Å². The van der Waals surface area contributed by atoms with Crippen molar-refractivity contribution in [3.05, 3.63) is 75.5 Å². The van der Waals surface area contributed by atoms with Crippen molar-refractivity contribution in [3.8, 4) is 28.0 Å². The van der Waals surface area contributed by atoms with Crippen LogP contribution in [0.3, 0.4) is 0 Å². The van der Waals surface area contributed by atoms with Gasteiger partial charge in [-0.25, -0.2) is 13.9 Å². The van der Waals surface area contributed by atoms with E-state index in [1.165, 1.54) is 22.8 Å². The second-order valence-electron chi connectivity index (χ2n) is 5.92. The van der Waals surface area contributed by atoms with Crippen molar-refractivity contribution in [2.75, 3.05) is 0 Å². The standard InChI is InChI=1S/C19H13ClFN3O2/c1-10-17(11-2-4-12(20)5-3-11)18-22-9-15(19(26)24(18)23-10)14-7-6-13(21)8-16(14)25/h2-9,23,25H,1H3. The molecule has 2 N–H and O–H groups in total. The lowest BCUT2D eigenvalue weighted by atomic mass is 10.1. The zero-order chi connectivity index (χ0) is 18.4. The van der Waals surface area contributed by atoms with Crippen LogP contribution in [0.2, 0.25) is 5.02 Å². The minimum absolute atomic E-state index is 0.170. The molecule has 0 radical (unpaired) electrons. The number of phenols is 1. The monoisotopic (exact) mass is 369 g/mol. The fourth-order valence-electron chi connectivity index (χ4n) is 3.01. The van der Waals surface area contributed by atoms with E-state index in [1.54, 1.807) is 12.1 Å². The summed E-state index contributed by atoms with van der Waals surface area (Å²) in [5, 5.41) is 13.6. The molecule has 5 nitrogen and oxygen atoms in total. The van der Waals surface area contributed by atoms with Crippen molar-refractivity contribution in [1.29, 1.82) is 0 Å². The van der Waals surface area contributed by atoms with Gasteiger partial charge in [-0.3, -0.25) is 9.89 Å². The minimum Gasteiger partial charge on any atom is -0.507 e. The summed E-state index contributed by atoms with van der Waals surface area (Å²) >= 11 is 5.94. The van der Waals surface area contributed by atoms with E-state index < -0.39 is 5.82 Å². The van der Waals surface area contributed by atoms with Gasteiger partial charge in [0.05, 0.1) is 5.56 Å². The van der Waals surface area contributed by atoms with E-state index in [9.17, 15) is 14.3 Å². The van der Waals surface area contributed by atoms with E-state index >= 15 is 0 Å². The minimum atomic E-state index is -0.582. The molecule has 130 valence electrons. The Morgan fingerprint density at radius 3 is 2.58 bits per heavy atom. The Morgan fingerprint density at radius 1 is 1.15 bits per heavy atom. The second-order valence-corrected chi connectivity index (χ2v) is 6.35. The summed E-state index contributed by atoms with van der Waals surface area (Å²) < 4.78 is 14.5. The first kappa shape index (κ1) is 16.4. The molecule has 0 unspecified atom stereocenters. The Hall–Kier alpha value is -3.12. The van der Waals surface area contributed by atoms with Crippen molar-refractivity contribution < 1.29 is 9.50 Å². The third-order valence-electron chi connectivity index (χ3n) is 4.22. The fraction of sp³-hybridized carbons (Fsp3) is 0.0526. The smallest absolute Gasteiger partial charge is 0.280 e. The van der Waals surface area contributed by atoms with Crippen molar-refractivity contribution >= 4 is 17.2 Å². The van der Waals surface area contributed by atoms with Gasteiger partial charge in [-0.05, 0) is 36.8 Å². The molecular weight excluding hydrogens is 357 g/mol. The van der Waals surface area contributed by atoms with E-state index in [0.29, 0.717) is 10.7 Å². The lowest BCUT2D eigenvalue weighted by Crippen LogP contribution is -2.17. The van der Waals surface area contributed by atoms with Crippen LogP contribution in [0.15, 0.2) is 53.5 Å². The highest BCUT2D eigenvalue weighted by molar-refractivity contribution is 6.30. The molecule has 0 saturated carbocycles. The van der Waals surface area contributed by atoms with Crippen molar-refractivity contribution in [1.82, 2.24) is 14.6 Å². The van der Waals surface area contributed by atoms with E-state index in [4.69, 9.17) is 11.6 Å². The maximum atomic E-state index is 13.2. The van der Waals surface area contributed by atoms with Gasteiger partial charge in [-0.15, -0.1) is 0 Å². The fourth-order valence-corrected chi connectivity index (χ4v) is 3.13. The zero-order valence-electron chi connectivity index (χ0n) is 13.6. The van der Waals surface area contributed by atoms with E-state index in [1.807, 2.05) is 19.1 Å². The van der Waals surface area contributed by atoms with Gasteiger partial charge in [0.25, 0.3) is 5.56 Å². The molecule has 0 aliphatic heterocycles. The van der Waals surface area contributed by atoms with Gasteiger partial charge >= 0.3 is 0 Å². The second kappa shape index (κ2) is 6.00. The lowest BCUT2D eigenvalue weighted by Gasteiger charge is -2.05. The van der Waals surface area contributed by atoms with Crippen LogP contribution in [0, 0.1) is 12.7 Å². The number of phenolic OH excluding ortho intramolecular Hbond substituents is 1. The maximum Gasteiger partial charge on any atom is 0.280 e. The molecule has 0 saturated heterocycles. The third-order valence-corrected chi connectivity index (χ3v) is 4.47. The van der Waals surface area contributed by atoms with Crippen molar-refractivity contribution in [2.45, 2.75) is 6.92 Å². The number of rotatable bonds is 2. The molecule has 26 heavy (non-hydrogen) atoms. The predicted octanol–water partition coefficient (Wildman–Crippen LogP) is 4.16. The van der Waals surface area contributed by atoms with Gasteiger partial charge in [0.2, 0.25) is 0 Å². The van der Waals surface area contributed by atoms with Gasteiger partial charge in [0, 0.05) is 34.1 Å². The van der Waals surface area contributed by atoms with Gasteiger partial charge in [0.15, 0.2) is 5.65 Å². The first-order valence-corrected chi connectivity index (χ1v) is 8.18. The molecule has 4 rings (SSSR count). The van der Waals surface area contributed by atoms with Crippen LogP contribution < -0.4 is 5.56 Å². The highest BCUT2D eigenvalue weighted by Crippen LogP contribution is 2.30. The first-order chi connectivity index (χ1) is 12.5. The lowest BCUT2D eigenvalue weighted by molar-refractivity contribution is 0.471. The number of fused-ring (bicyclic) bond motifs is 1. The summed E-state index contributed by atoms with van der Waals surface area (Å²) in [5.74, 6) is -0.897. The zero-order valence-corrected chi connectivity index (χ0v) is 14.4. The number of aryl methyl sites for hydroxylation is 1. The number of H-pyrrole nitrogens is 1. The number of benzene rings is 2. The molecule has 0 aliphatic carbocycles. The van der Waals surface area contributed by atoms with Crippen LogP contribution in [0.25, 0.3) is 27.9 Å². The summed E-state index contributed by atoms with van der Waals surface area (Å²) in [5.41, 5.74) is 2.88. The van der Waals surface area contributed by atoms with Gasteiger partial charge in [-0.1, -0.05) is 23.7 Å². The molecule has 0 amide bonds. The normalized spacial score (nSPS) is 11.2. The SMILES string of the molecule is Cc1[nH]n2c(=O)c(-c3ccc(F)cc3O)cnc2c1-c1ccc(Cl)cc1. The van der Waals surface area contributed by atoms with E-state index in [2.05, 4.69) is 10.1 Å². The number of halogens is 2. The highest BCUT2D eigenvalue weighted by Gasteiger charge is 2.17. The van der Waals surface area contributed by atoms with Crippen LogP contribution in [-0.2, 0) is 0 Å². The van der Waals surface area contributed by atoms with Crippen molar-refractivity contribution in [3.63, 3.8) is 0 Å². The summed E-state index contributed by atoms with van der Waals surface area (Å²) in [4.78, 5) is 17.3. The van der Waals surface area contributed by atoms with Crippen LogP contribution in [0.5, 0.6) is 5.75 Å². The molecule has 4 aromatic rings. The van der Waals surface area contributed by atoms with Gasteiger partial charge < -0.3 is 5.11 Å². The van der Waals surface area contributed by atoms with Crippen LogP contribution in [0.4, 0.5) is 4.39 Å². The number of nitrogens with one attached hydrogen (secondary N) is 1. The Labute approximate surface area is 152 Å². The molecule has 0 aliphatic rings. The Morgan fingerprint density at radius 2 is 1.88 bits per heavy atom. The highest BCUT2D eigenvalue weighted by atomic mass is 35.5. The number of nitrogens with zero attached hydrogens (tertiary/aromatic N) is 2. The summed E-state index contributed by atoms with van der Waals surface area (Å²) in [6, 6.07) is 10.7. The number of hydrogen-bond donors (Lipinski definition) is 2. The first-order valence-electron chi connectivity index (χ1n) is 7.81. The number of aromatic hydroxyl groups is 1. The quantitative estimate of drug-likeness (QED) is 0.557.